The summed E-state index contributed by atoms with van der Waals surface area (Å²) < 4.78 is 4.58. The maximum Gasteiger partial charge on any atom is 0.405 e. The summed E-state index contributed by atoms with van der Waals surface area (Å²) in [6, 6.07) is 8.30. The largest absolute Gasteiger partial charge is 0.478 e. The molecule has 0 bridgehead atoms. The van der Waals surface area contributed by atoms with Crippen LogP contribution in [0.5, 0.6) is 0 Å². The molecule has 0 spiro atoms. The second-order valence-corrected chi connectivity index (χ2v) is 4.20. The molecule has 0 atom stereocenters. The minimum atomic E-state index is -0.879. The third-order valence-electron chi connectivity index (χ3n) is 1.43. The zero-order valence-corrected chi connectivity index (χ0v) is 10.1. The first-order valence-electron chi connectivity index (χ1n) is 4.99. The lowest BCUT2D eigenvalue weighted by Gasteiger charge is -2.16. The van der Waals surface area contributed by atoms with Crippen LogP contribution in [-0.4, -0.2) is 22.8 Å². The molecule has 1 aromatic rings. The summed E-state index contributed by atoms with van der Waals surface area (Å²) in [5.41, 5.74) is 4.60. The molecule has 5 heteroatoms. The highest BCUT2D eigenvalue weighted by Crippen LogP contribution is 2.04. The second kappa shape index (κ2) is 6.52. The zero-order valence-electron chi connectivity index (χ0n) is 10.1. The van der Waals surface area contributed by atoms with E-state index in [0.717, 1.165) is 0 Å². The number of carboxylic acids is 1. The summed E-state index contributed by atoms with van der Waals surface area (Å²) in [7, 11) is 0. The van der Waals surface area contributed by atoms with Crippen LogP contribution in [0.2, 0.25) is 0 Å². The number of ether oxygens (including phenoxy) is 1. The number of hydrogen-bond donors (Lipinski definition) is 2. The fourth-order valence-electron chi connectivity index (χ4n) is 0.883. The number of carbonyl (C=O) groups excluding carboxylic acids is 1. The van der Waals surface area contributed by atoms with E-state index >= 15 is 0 Å². The van der Waals surface area contributed by atoms with E-state index in [1.807, 2.05) is 0 Å². The van der Waals surface area contributed by atoms with Gasteiger partial charge in [0.25, 0.3) is 0 Å². The van der Waals surface area contributed by atoms with Crippen molar-refractivity contribution in [2.45, 2.75) is 26.4 Å². The molecule has 0 aliphatic carbocycles. The molecule has 1 rings (SSSR count). The Balaban J connectivity index is 0.000000304. The van der Waals surface area contributed by atoms with Crippen molar-refractivity contribution in [1.82, 2.24) is 0 Å². The molecule has 1 aromatic carbocycles. The van der Waals surface area contributed by atoms with Gasteiger partial charge in [-0.25, -0.2) is 9.59 Å². The molecule has 0 aromatic heterocycles. The molecule has 0 aliphatic heterocycles. The number of rotatable bonds is 1. The van der Waals surface area contributed by atoms with Crippen LogP contribution in [0, 0.1) is 0 Å². The normalized spacial score (nSPS) is 9.82. The second-order valence-electron chi connectivity index (χ2n) is 4.20. The Hall–Kier alpha value is -2.04. The summed E-state index contributed by atoms with van der Waals surface area (Å²) in [5.74, 6) is -0.879. The zero-order chi connectivity index (χ0) is 13.5. The monoisotopic (exact) mass is 239 g/mol. The quantitative estimate of drug-likeness (QED) is 0.786. The summed E-state index contributed by atoms with van der Waals surface area (Å²) in [5, 5.41) is 8.38. The maximum atomic E-state index is 10.2. The molecule has 0 saturated heterocycles. The first-order valence-corrected chi connectivity index (χ1v) is 4.99. The smallest absolute Gasteiger partial charge is 0.405 e. The number of primary amides is 1. The van der Waals surface area contributed by atoms with Gasteiger partial charge < -0.3 is 15.6 Å². The summed E-state index contributed by atoms with van der Waals surface area (Å²) >= 11 is 0. The van der Waals surface area contributed by atoms with Gasteiger partial charge >= 0.3 is 12.1 Å². The van der Waals surface area contributed by atoms with Gasteiger partial charge in [0.05, 0.1) is 5.56 Å². The van der Waals surface area contributed by atoms with E-state index in [9.17, 15) is 9.59 Å². The van der Waals surface area contributed by atoms with Gasteiger partial charge in [0.15, 0.2) is 0 Å². The Labute approximate surface area is 100 Å². The van der Waals surface area contributed by atoms with E-state index < -0.39 is 17.7 Å². The first kappa shape index (κ1) is 15.0. The van der Waals surface area contributed by atoms with E-state index in [-0.39, 0.29) is 0 Å². The van der Waals surface area contributed by atoms with Crippen molar-refractivity contribution in [2.75, 3.05) is 0 Å². The topological polar surface area (TPSA) is 89.6 Å². The van der Waals surface area contributed by atoms with Crippen LogP contribution in [0.25, 0.3) is 0 Å². The number of amides is 1. The predicted molar refractivity (Wildman–Crippen MR) is 63.8 cm³/mol. The molecular weight excluding hydrogens is 222 g/mol. The van der Waals surface area contributed by atoms with Crippen LogP contribution in [0.4, 0.5) is 4.79 Å². The molecule has 0 heterocycles. The van der Waals surface area contributed by atoms with Crippen molar-refractivity contribution < 1.29 is 19.4 Å². The van der Waals surface area contributed by atoms with Gasteiger partial charge in [-0.15, -0.1) is 0 Å². The van der Waals surface area contributed by atoms with Crippen molar-refractivity contribution in [3.05, 3.63) is 35.9 Å². The molecule has 5 nitrogen and oxygen atoms in total. The molecular formula is C12H17NO4. The van der Waals surface area contributed by atoms with E-state index in [4.69, 9.17) is 10.8 Å². The number of nitrogens with two attached hydrogens (primary N) is 1. The Bertz CT molecular complexity index is 368. The van der Waals surface area contributed by atoms with E-state index in [1.165, 1.54) is 0 Å². The molecule has 3 N–H and O–H groups in total. The number of aromatic carboxylic acids is 1. The number of carboxylic acid groups (broad SMARTS) is 1. The van der Waals surface area contributed by atoms with Crippen LogP contribution in [0.1, 0.15) is 31.1 Å². The minimum Gasteiger partial charge on any atom is -0.478 e. The number of benzene rings is 1. The highest BCUT2D eigenvalue weighted by atomic mass is 16.6. The third-order valence-corrected chi connectivity index (χ3v) is 1.43. The van der Waals surface area contributed by atoms with E-state index in [0.29, 0.717) is 5.56 Å². The third kappa shape index (κ3) is 8.92. The van der Waals surface area contributed by atoms with Gasteiger partial charge in [-0.3, -0.25) is 0 Å². The highest BCUT2D eigenvalue weighted by Gasteiger charge is 2.12. The van der Waals surface area contributed by atoms with Crippen molar-refractivity contribution >= 4 is 12.1 Å². The first-order chi connectivity index (χ1) is 7.72. The van der Waals surface area contributed by atoms with Gasteiger partial charge in [0.1, 0.15) is 5.60 Å². The van der Waals surface area contributed by atoms with Crippen molar-refractivity contribution in [3.8, 4) is 0 Å². The standard InChI is InChI=1S/C7H6O2.C5H11NO2/c8-7(9)6-4-2-1-3-5-6;1-5(2,3)8-4(6)7/h1-5H,(H,8,9);1-3H3,(H2,6,7). The maximum absolute atomic E-state index is 10.2. The Kier molecular flexibility index (Phi) is 5.74. The van der Waals surface area contributed by atoms with Crippen LogP contribution < -0.4 is 5.73 Å². The molecule has 0 fully saturated rings. The van der Waals surface area contributed by atoms with Crippen LogP contribution in [0.3, 0.4) is 0 Å². The van der Waals surface area contributed by atoms with Crippen molar-refractivity contribution in [1.29, 1.82) is 0 Å². The van der Waals surface area contributed by atoms with Crippen LogP contribution >= 0.6 is 0 Å². The fraction of sp³-hybridized carbons (Fsp3) is 0.333. The summed E-state index contributed by atoms with van der Waals surface area (Å²) in [6.07, 6.45) is -0.725. The Morgan fingerprint density at radius 3 is 1.82 bits per heavy atom. The number of carbonyl (C=O) groups is 2. The lowest BCUT2D eigenvalue weighted by atomic mass is 10.2. The molecule has 0 saturated carbocycles. The Morgan fingerprint density at radius 1 is 1.18 bits per heavy atom. The lowest BCUT2D eigenvalue weighted by molar-refractivity contribution is 0.0598. The van der Waals surface area contributed by atoms with Gasteiger partial charge in [0.2, 0.25) is 0 Å². The molecule has 0 radical (unpaired) electrons. The summed E-state index contributed by atoms with van der Waals surface area (Å²) in [4.78, 5) is 20.2. The highest BCUT2D eigenvalue weighted by molar-refractivity contribution is 5.87. The van der Waals surface area contributed by atoms with Crippen molar-refractivity contribution in [2.24, 2.45) is 5.73 Å². The molecule has 1 amide bonds. The molecule has 0 aliphatic rings. The van der Waals surface area contributed by atoms with Gasteiger partial charge in [-0.05, 0) is 32.9 Å². The van der Waals surface area contributed by atoms with Gasteiger partial charge in [0, 0.05) is 0 Å². The minimum absolute atomic E-state index is 0.331. The molecule has 17 heavy (non-hydrogen) atoms. The lowest BCUT2D eigenvalue weighted by Crippen LogP contribution is -2.27. The number of hydrogen-bond acceptors (Lipinski definition) is 3. The van der Waals surface area contributed by atoms with Gasteiger partial charge in [-0.2, -0.15) is 0 Å². The molecule has 94 valence electrons. The SMILES string of the molecule is CC(C)(C)OC(N)=O.O=C(O)c1ccccc1. The van der Waals surface area contributed by atoms with Crippen molar-refractivity contribution in [3.63, 3.8) is 0 Å². The van der Waals surface area contributed by atoms with E-state index in [2.05, 4.69) is 4.74 Å². The average Bonchev–Trinajstić information content (AvgIpc) is 2.16. The fourth-order valence-corrected chi connectivity index (χ4v) is 0.883. The predicted octanol–water partition coefficient (Wildman–Crippen LogP) is 2.27. The van der Waals surface area contributed by atoms with Crippen LogP contribution in [-0.2, 0) is 4.74 Å². The average molecular weight is 239 g/mol. The van der Waals surface area contributed by atoms with Gasteiger partial charge in [-0.1, -0.05) is 18.2 Å². The van der Waals surface area contributed by atoms with E-state index in [1.54, 1.807) is 51.1 Å². The molecule has 0 unspecified atom stereocenters. The summed E-state index contributed by atoms with van der Waals surface area (Å²) in [6.45, 7) is 5.28. The van der Waals surface area contributed by atoms with Crippen LogP contribution in [0.15, 0.2) is 30.3 Å². The Morgan fingerprint density at radius 2 is 1.65 bits per heavy atom.